The van der Waals surface area contributed by atoms with Crippen molar-refractivity contribution in [3.63, 3.8) is 0 Å². The summed E-state index contributed by atoms with van der Waals surface area (Å²) in [6.45, 7) is 14.2. The summed E-state index contributed by atoms with van der Waals surface area (Å²) in [6, 6.07) is 0. The molecule has 3 aliphatic carbocycles. The average molecular weight is 531 g/mol. The minimum Gasteiger partial charge on any atom is -0.445 e. The maximum atomic E-state index is 14.2. The molecule has 4 aliphatic rings. The zero-order chi connectivity index (χ0) is 28.0. The number of ketones is 1. The Morgan fingerprint density at radius 1 is 1.11 bits per heavy atom. The van der Waals surface area contributed by atoms with E-state index in [-0.39, 0.29) is 52.8 Å². The molecule has 7 nitrogen and oxygen atoms in total. The highest BCUT2D eigenvalue weighted by molar-refractivity contribution is 5.93. The third kappa shape index (κ3) is 4.66. The van der Waals surface area contributed by atoms with Crippen LogP contribution >= 0.6 is 0 Å². The largest absolute Gasteiger partial charge is 0.445 e. The van der Waals surface area contributed by atoms with E-state index in [4.69, 9.17) is 9.47 Å². The summed E-state index contributed by atoms with van der Waals surface area (Å²) in [6.07, 6.45) is 7.86. The van der Waals surface area contributed by atoms with Crippen molar-refractivity contribution in [2.45, 2.75) is 92.3 Å². The second-order valence-corrected chi connectivity index (χ2v) is 13.6. The van der Waals surface area contributed by atoms with Gasteiger partial charge in [0, 0.05) is 42.7 Å². The number of hydrogen-bond acceptors (Lipinski definition) is 6. The van der Waals surface area contributed by atoms with Gasteiger partial charge < -0.3 is 14.4 Å². The molecule has 4 fully saturated rings. The number of alkyl carbamates (subject to hydrolysis) is 1. The Morgan fingerprint density at radius 2 is 1.79 bits per heavy atom. The molecular formula is C31H50N2O5. The number of carbonyl (C=O) groups is 3. The summed E-state index contributed by atoms with van der Waals surface area (Å²) in [7, 11) is 3.77. The van der Waals surface area contributed by atoms with Crippen molar-refractivity contribution in [3.8, 4) is 0 Å². The Labute approximate surface area is 229 Å². The van der Waals surface area contributed by atoms with Gasteiger partial charge in [-0.3, -0.25) is 14.9 Å². The van der Waals surface area contributed by atoms with Crippen LogP contribution in [-0.2, 0) is 19.1 Å². The SMILES string of the molecule is CC=C[C@]1(C)C[C@@H](OC(=O)NC(=O)[C@H]2CN(C)CC[C@@H]2C)[C@@]2(C)C3[C@H](OC)CCC3(CC[C@H]2C)[C@@H](C)C1=O. The number of methoxy groups -OCH3 is 1. The van der Waals surface area contributed by atoms with Crippen molar-refractivity contribution < 1.29 is 23.9 Å². The molecule has 0 aromatic rings. The van der Waals surface area contributed by atoms with Gasteiger partial charge in [-0.1, -0.05) is 39.8 Å². The van der Waals surface area contributed by atoms with Crippen LogP contribution in [0.25, 0.3) is 0 Å². The monoisotopic (exact) mass is 530 g/mol. The van der Waals surface area contributed by atoms with E-state index < -0.39 is 23.0 Å². The molecule has 2 bridgehead atoms. The van der Waals surface area contributed by atoms with Gasteiger partial charge in [-0.05, 0) is 76.8 Å². The van der Waals surface area contributed by atoms with Crippen LogP contribution in [0.1, 0.15) is 80.1 Å². The minimum absolute atomic E-state index is 0.0125. The fraction of sp³-hybridized carbons (Fsp3) is 0.839. The number of allylic oxidation sites excluding steroid dienone is 2. The molecule has 3 saturated carbocycles. The maximum Gasteiger partial charge on any atom is 0.414 e. The number of imide groups is 1. The van der Waals surface area contributed by atoms with Crippen LogP contribution in [0.5, 0.6) is 0 Å². The fourth-order valence-corrected chi connectivity index (χ4v) is 9.05. The van der Waals surface area contributed by atoms with Crippen molar-refractivity contribution >= 4 is 17.8 Å². The van der Waals surface area contributed by atoms with Crippen LogP contribution in [0, 0.1) is 45.8 Å². The topological polar surface area (TPSA) is 84.9 Å². The number of amides is 2. The highest BCUT2D eigenvalue weighted by Crippen LogP contribution is 2.68. The Bertz CT molecular complexity index is 966. The molecule has 1 heterocycles. The van der Waals surface area contributed by atoms with Crippen molar-refractivity contribution in [1.82, 2.24) is 10.2 Å². The van der Waals surface area contributed by atoms with E-state index in [9.17, 15) is 14.4 Å². The first-order chi connectivity index (χ1) is 17.8. The first-order valence-electron chi connectivity index (χ1n) is 14.7. The van der Waals surface area contributed by atoms with Gasteiger partial charge in [-0.15, -0.1) is 0 Å². The molecule has 0 spiro atoms. The van der Waals surface area contributed by atoms with Crippen molar-refractivity contribution in [1.29, 1.82) is 0 Å². The van der Waals surface area contributed by atoms with Gasteiger partial charge in [0.15, 0.2) is 0 Å². The van der Waals surface area contributed by atoms with Gasteiger partial charge in [0.25, 0.3) is 0 Å². The molecule has 2 unspecified atom stereocenters. The predicted molar refractivity (Wildman–Crippen MR) is 147 cm³/mol. The van der Waals surface area contributed by atoms with Crippen molar-refractivity contribution in [2.75, 3.05) is 27.2 Å². The fourth-order valence-electron chi connectivity index (χ4n) is 9.05. The average Bonchev–Trinajstić information content (AvgIpc) is 3.27. The van der Waals surface area contributed by atoms with Gasteiger partial charge >= 0.3 is 6.09 Å². The molecule has 2 amide bonds. The molecule has 7 heteroatoms. The quantitative estimate of drug-likeness (QED) is 0.501. The summed E-state index contributed by atoms with van der Waals surface area (Å²) in [5.74, 6) is 0.159. The van der Waals surface area contributed by atoms with Crippen LogP contribution < -0.4 is 5.32 Å². The third-order valence-corrected chi connectivity index (χ3v) is 11.6. The second-order valence-electron chi connectivity index (χ2n) is 13.6. The molecule has 0 aromatic heterocycles. The number of nitrogens with zero attached hydrogens (tertiary/aromatic N) is 1. The van der Waals surface area contributed by atoms with Gasteiger partial charge in [-0.25, -0.2) is 4.79 Å². The molecule has 38 heavy (non-hydrogen) atoms. The number of hydrogen-bond donors (Lipinski definition) is 1. The Balaban J connectivity index is 1.70. The molecule has 214 valence electrons. The lowest BCUT2D eigenvalue weighted by Crippen LogP contribution is -2.63. The van der Waals surface area contributed by atoms with Crippen LogP contribution in [0.2, 0.25) is 0 Å². The van der Waals surface area contributed by atoms with Gasteiger partial charge in [0.1, 0.15) is 11.9 Å². The molecule has 4 rings (SSSR count). The molecular weight excluding hydrogens is 480 g/mol. The number of piperidine rings is 1. The number of Topliss-reactive ketones (excluding diaryl/α,β-unsaturated/α-hetero) is 1. The second kappa shape index (κ2) is 10.7. The summed E-state index contributed by atoms with van der Waals surface area (Å²) in [5.41, 5.74) is -1.34. The zero-order valence-electron chi connectivity index (χ0n) is 24.8. The van der Waals surface area contributed by atoms with E-state index in [1.165, 1.54) is 0 Å². The number of nitrogens with one attached hydrogen (secondary N) is 1. The molecule has 0 aromatic carbocycles. The molecule has 10 atom stereocenters. The predicted octanol–water partition coefficient (Wildman–Crippen LogP) is 5.23. The smallest absolute Gasteiger partial charge is 0.414 e. The summed E-state index contributed by atoms with van der Waals surface area (Å²) in [5, 5.41) is 2.59. The highest BCUT2D eigenvalue weighted by atomic mass is 16.6. The van der Waals surface area contributed by atoms with Crippen LogP contribution in [-0.4, -0.2) is 62.1 Å². The number of carbonyl (C=O) groups excluding carboxylic acids is 3. The van der Waals surface area contributed by atoms with E-state index in [0.29, 0.717) is 13.0 Å². The minimum atomic E-state index is -0.759. The standard InChI is InChI=1S/C31H50N2O5/c1-9-13-29(5)17-24(38-28(36)32-27(35)22-18-33(7)16-12-19(22)2)30(6)20(3)10-14-31(21(4)26(29)34)15-11-23(37-8)25(30)31/h9,13,19-25H,10-12,14-18H2,1-8H3,(H,32,35,36)/t19-,20+,21-,22-,23+,24+,25?,29+,30-,31?/m0/s1. The summed E-state index contributed by atoms with van der Waals surface area (Å²) < 4.78 is 12.4. The van der Waals surface area contributed by atoms with Gasteiger partial charge in [0.05, 0.1) is 12.0 Å². The zero-order valence-corrected chi connectivity index (χ0v) is 24.8. The van der Waals surface area contributed by atoms with E-state index in [1.807, 2.05) is 33.0 Å². The number of rotatable bonds is 4. The maximum absolute atomic E-state index is 14.2. The van der Waals surface area contributed by atoms with Gasteiger partial charge in [0.2, 0.25) is 5.91 Å². The normalized spacial score (nSPS) is 45.8. The van der Waals surface area contributed by atoms with Crippen LogP contribution in [0.3, 0.4) is 0 Å². The van der Waals surface area contributed by atoms with Crippen molar-refractivity contribution in [3.05, 3.63) is 12.2 Å². The highest BCUT2D eigenvalue weighted by Gasteiger charge is 2.68. The summed E-state index contributed by atoms with van der Waals surface area (Å²) in [4.78, 5) is 42.9. The molecule has 1 aliphatic heterocycles. The van der Waals surface area contributed by atoms with E-state index in [0.717, 1.165) is 38.6 Å². The Kier molecular flexibility index (Phi) is 8.22. The Hall–Kier alpha value is -1.73. The molecule has 0 radical (unpaired) electrons. The molecule has 1 saturated heterocycles. The lowest BCUT2D eigenvalue weighted by Gasteiger charge is -2.61. The van der Waals surface area contributed by atoms with E-state index in [2.05, 4.69) is 37.9 Å². The van der Waals surface area contributed by atoms with Crippen molar-refractivity contribution in [2.24, 2.45) is 45.8 Å². The summed E-state index contributed by atoms with van der Waals surface area (Å²) >= 11 is 0. The number of ether oxygens (including phenoxy) is 2. The van der Waals surface area contributed by atoms with Crippen LogP contribution in [0.15, 0.2) is 12.2 Å². The van der Waals surface area contributed by atoms with E-state index >= 15 is 0 Å². The number of likely N-dealkylation sites (tertiary alicyclic amines) is 1. The molecule has 1 N–H and O–H groups in total. The Morgan fingerprint density at radius 3 is 2.45 bits per heavy atom. The third-order valence-electron chi connectivity index (χ3n) is 11.6. The lowest BCUT2D eigenvalue weighted by atomic mass is 9.44. The van der Waals surface area contributed by atoms with E-state index in [1.54, 1.807) is 7.11 Å². The van der Waals surface area contributed by atoms with Gasteiger partial charge in [-0.2, -0.15) is 0 Å². The lowest BCUT2D eigenvalue weighted by molar-refractivity contribution is -0.189. The first kappa shape index (κ1) is 29.3. The first-order valence-corrected chi connectivity index (χ1v) is 14.7. The van der Waals surface area contributed by atoms with Crippen LogP contribution in [0.4, 0.5) is 4.79 Å².